The fourth-order valence-corrected chi connectivity index (χ4v) is 0.995. The van der Waals surface area contributed by atoms with Gasteiger partial charge in [0, 0.05) is 12.2 Å². The van der Waals surface area contributed by atoms with Crippen LogP contribution in [0, 0.1) is 0 Å². The smallest absolute Gasteiger partial charge is 0.0401 e. The molecule has 1 N–H and O–H groups in total. The van der Waals surface area contributed by atoms with Gasteiger partial charge < -0.3 is 5.32 Å². The van der Waals surface area contributed by atoms with Gasteiger partial charge in [-0.15, -0.1) is 0 Å². The molecule has 1 nitrogen and oxygen atoms in total. The largest absolute Gasteiger partial charge is 0.381 e. The van der Waals surface area contributed by atoms with E-state index in [9.17, 15) is 0 Å². The Kier molecular flexibility index (Phi) is 0.618. The first-order chi connectivity index (χ1) is 3.95. The van der Waals surface area contributed by atoms with E-state index in [-0.39, 0.29) is 0 Å². The van der Waals surface area contributed by atoms with Gasteiger partial charge in [-0.05, 0) is 17.7 Å². The Morgan fingerprint density at radius 1 is 1.38 bits per heavy atom. The van der Waals surface area contributed by atoms with Crippen molar-refractivity contribution in [3.05, 3.63) is 29.8 Å². The van der Waals surface area contributed by atoms with Crippen molar-refractivity contribution in [3.8, 4) is 0 Å². The summed E-state index contributed by atoms with van der Waals surface area (Å²) in [6.45, 7) is 1.02. The highest BCUT2D eigenvalue weighted by Gasteiger charge is 2.00. The lowest BCUT2D eigenvalue weighted by molar-refractivity contribution is 1.23. The summed E-state index contributed by atoms with van der Waals surface area (Å²) in [5.41, 5.74) is 2.64. The van der Waals surface area contributed by atoms with Crippen LogP contribution in [0.2, 0.25) is 0 Å². The van der Waals surface area contributed by atoms with Crippen LogP contribution in [-0.4, -0.2) is 0 Å². The summed E-state index contributed by atoms with van der Waals surface area (Å²) in [5, 5.41) is 3.22. The van der Waals surface area contributed by atoms with Gasteiger partial charge in [-0.1, -0.05) is 12.1 Å². The molecule has 0 amide bonds. The van der Waals surface area contributed by atoms with Gasteiger partial charge in [-0.3, -0.25) is 0 Å². The molecule has 1 heteroatoms. The maximum Gasteiger partial charge on any atom is 0.0401 e. The first-order valence-electron chi connectivity index (χ1n) is 2.78. The summed E-state index contributed by atoms with van der Waals surface area (Å²) >= 11 is 0. The lowest BCUT2D eigenvalue weighted by atomic mass is 10.2. The molecule has 0 unspecified atom stereocenters. The Balaban J connectivity index is 2.66. The predicted octanol–water partition coefficient (Wildman–Crippen LogP) is 1.61. The third kappa shape index (κ3) is 0.413. The number of rotatable bonds is 0. The number of benzene rings is 1. The molecule has 0 aromatic heterocycles. The molecule has 0 radical (unpaired) electrons. The molecule has 0 spiro atoms. The normalized spacial score (nSPS) is 13.5. The van der Waals surface area contributed by atoms with Crippen LogP contribution in [0.5, 0.6) is 0 Å². The average molecular weight is 105 g/mol. The van der Waals surface area contributed by atoms with Gasteiger partial charge in [0.25, 0.3) is 0 Å². The third-order valence-corrected chi connectivity index (χ3v) is 1.42. The van der Waals surface area contributed by atoms with Gasteiger partial charge in [0.15, 0.2) is 0 Å². The number of nitrogens with one attached hydrogen (secondary N) is 1. The Hall–Kier alpha value is -0.980. The fraction of sp³-hybridized carbons (Fsp3) is 0.143. The third-order valence-electron chi connectivity index (χ3n) is 1.42. The van der Waals surface area contributed by atoms with E-state index < -0.39 is 0 Å². The molecule has 1 aliphatic rings. The van der Waals surface area contributed by atoms with Gasteiger partial charge in [0.05, 0.1) is 0 Å². The van der Waals surface area contributed by atoms with Crippen molar-refractivity contribution in [1.82, 2.24) is 0 Å². The summed E-state index contributed by atoms with van der Waals surface area (Å²) in [7, 11) is 0. The molecule has 0 fully saturated rings. The molecule has 2 rings (SSSR count). The van der Waals surface area contributed by atoms with Crippen molar-refractivity contribution < 1.29 is 0 Å². The molecule has 2 bridgehead atoms. The molecule has 1 heterocycles. The van der Waals surface area contributed by atoms with Crippen molar-refractivity contribution in [2.45, 2.75) is 6.54 Å². The minimum Gasteiger partial charge on any atom is -0.381 e. The van der Waals surface area contributed by atoms with E-state index in [1.807, 2.05) is 0 Å². The predicted molar refractivity (Wildman–Crippen MR) is 33.8 cm³/mol. The molecule has 8 heavy (non-hydrogen) atoms. The van der Waals surface area contributed by atoms with Crippen LogP contribution >= 0.6 is 0 Å². The first kappa shape index (κ1) is 3.96. The molecule has 40 valence electrons. The highest BCUT2D eigenvalue weighted by atomic mass is 14.9. The zero-order valence-electron chi connectivity index (χ0n) is 4.52. The number of hydrogen-bond acceptors (Lipinski definition) is 1. The Morgan fingerprint density at radius 2 is 2.38 bits per heavy atom. The standard InChI is InChI=1S/C7H7N/c1-2-6-4-7(3-1)8-5-6/h1-4,8H,5H2. The van der Waals surface area contributed by atoms with E-state index in [4.69, 9.17) is 0 Å². The Morgan fingerprint density at radius 3 is 3.12 bits per heavy atom. The lowest BCUT2D eigenvalue weighted by Gasteiger charge is -1.87. The molecule has 0 aliphatic carbocycles. The monoisotopic (exact) mass is 105 g/mol. The molecule has 0 saturated heterocycles. The van der Waals surface area contributed by atoms with Crippen LogP contribution in [0.15, 0.2) is 24.3 Å². The van der Waals surface area contributed by atoms with E-state index >= 15 is 0 Å². The Labute approximate surface area is 48.3 Å². The minimum absolute atomic E-state index is 1.02. The van der Waals surface area contributed by atoms with Gasteiger partial charge in [0.2, 0.25) is 0 Å². The van der Waals surface area contributed by atoms with Gasteiger partial charge in [-0.25, -0.2) is 0 Å². The van der Waals surface area contributed by atoms with Crippen LogP contribution in [0.1, 0.15) is 5.56 Å². The SMILES string of the molecule is c1cc2cc(c1)NC2. The van der Waals surface area contributed by atoms with E-state index in [1.54, 1.807) is 0 Å². The van der Waals surface area contributed by atoms with Crippen LogP contribution in [-0.2, 0) is 6.54 Å². The zero-order chi connectivity index (χ0) is 5.40. The van der Waals surface area contributed by atoms with E-state index in [2.05, 4.69) is 29.6 Å². The van der Waals surface area contributed by atoms with Crippen molar-refractivity contribution in [2.75, 3.05) is 5.32 Å². The second-order valence-corrected chi connectivity index (χ2v) is 2.05. The van der Waals surface area contributed by atoms with Gasteiger partial charge in [-0.2, -0.15) is 0 Å². The van der Waals surface area contributed by atoms with Crippen LogP contribution < -0.4 is 5.32 Å². The number of fused-ring (bicyclic) bond motifs is 2. The highest BCUT2D eigenvalue weighted by Crippen LogP contribution is 2.17. The summed E-state index contributed by atoms with van der Waals surface area (Å²) in [5.74, 6) is 0. The lowest BCUT2D eigenvalue weighted by Crippen LogP contribution is -1.85. The molecular weight excluding hydrogens is 98.1 g/mol. The summed E-state index contributed by atoms with van der Waals surface area (Å²) < 4.78 is 0. The Bertz CT molecular complexity index is 186. The van der Waals surface area contributed by atoms with Crippen molar-refractivity contribution in [3.63, 3.8) is 0 Å². The summed E-state index contributed by atoms with van der Waals surface area (Å²) in [6, 6.07) is 8.45. The number of hydrogen-bond donors (Lipinski definition) is 1. The van der Waals surface area contributed by atoms with Crippen LogP contribution in [0.4, 0.5) is 5.69 Å². The first-order valence-corrected chi connectivity index (χ1v) is 2.78. The van der Waals surface area contributed by atoms with Crippen molar-refractivity contribution in [2.24, 2.45) is 0 Å². The zero-order valence-corrected chi connectivity index (χ0v) is 4.52. The minimum atomic E-state index is 1.02. The molecule has 0 saturated carbocycles. The average Bonchev–Trinajstić information content (AvgIpc) is 2.12. The van der Waals surface area contributed by atoms with Crippen LogP contribution in [0.3, 0.4) is 0 Å². The van der Waals surface area contributed by atoms with Crippen LogP contribution in [0.25, 0.3) is 0 Å². The van der Waals surface area contributed by atoms with Gasteiger partial charge in [0.1, 0.15) is 0 Å². The van der Waals surface area contributed by atoms with E-state index in [0.717, 1.165) is 6.54 Å². The van der Waals surface area contributed by atoms with Crippen molar-refractivity contribution in [1.29, 1.82) is 0 Å². The molecular formula is C7H7N. The number of anilines is 1. The molecule has 0 atom stereocenters. The van der Waals surface area contributed by atoms with E-state index in [0.29, 0.717) is 0 Å². The topological polar surface area (TPSA) is 12.0 Å². The molecule has 1 aromatic carbocycles. The summed E-state index contributed by atoms with van der Waals surface area (Å²) in [4.78, 5) is 0. The maximum atomic E-state index is 3.22. The van der Waals surface area contributed by atoms with Crippen molar-refractivity contribution >= 4 is 5.69 Å². The van der Waals surface area contributed by atoms with E-state index in [1.165, 1.54) is 11.3 Å². The second kappa shape index (κ2) is 1.25. The summed E-state index contributed by atoms with van der Waals surface area (Å²) in [6.07, 6.45) is 0. The maximum absolute atomic E-state index is 3.22. The fourth-order valence-electron chi connectivity index (χ4n) is 0.995. The molecule has 1 aliphatic heterocycles. The molecule has 1 aromatic rings. The quantitative estimate of drug-likeness (QED) is 0.528. The second-order valence-electron chi connectivity index (χ2n) is 2.05. The van der Waals surface area contributed by atoms with Gasteiger partial charge >= 0.3 is 0 Å². The highest BCUT2D eigenvalue weighted by molar-refractivity contribution is 5.51.